The van der Waals surface area contributed by atoms with Gasteiger partial charge < -0.3 is 15.3 Å². The number of aliphatic hydroxyl groups is 1. The Morgan fingerprint density at radius 2 is 1.74 bits per heavy atom. The Morgan fingerprint density at radius 1 is 1.11 bits per heavy atom. The van der Waals surface area contributed by atoms with E-state index in [1.807, 2.05) is 54.6 Å². The molecular formula is C22H26N2O3. The van der Waals surface area contributed by atoms with E-state index in [0.29, 0.717) is 6.42 Å². The molecule has 2 amide bonds. The summed E-state index contributed by atoms with van der Waals surface area (Å²) in [5.41, 5.74) is 0.771. The van der Waals surface area contributed by atoms with Crippen LogP contribution in [0.15, 0.2) is 54.6 Å². The van der Waals surface area contributed by atoms with Crippen molar-refractivity contribution in [2.75, 3.05) is 18.5 Å². The Bertz CT molecular complexity index is 842. The van der Waals surface area contributed by atoms with E-state index in [4.69, 9.17) is 0 Å². The number of hydrogen-bond acceptors (Lipinski definition) is 3. The third-order valence-electron chi connectivity index (χ3n) is 5.02. The van der Waals surface area contributed by atoms with Gasteiger partial charge in [-0.2, -0.15) is 0 Å². The van der Waals surface area contributed by atoms with E-state index in [9.17, 15) is 14.7 Å². The summed E-state index contributed by atoms with van der Waals surface area (Å²) in [5, 5.41) is 12.7. The van der Waals surface area contributed by atoms with Gasteiger partial charge in [-0.15, -0.1) is 0 Å². The van der Waals surface area contributed by atoms with E-state index in [1.54, 1.807) is 25.8 Å². The smallest absolute Gasteiger partial charge is 0.238 e. The van der Waals surface area contributed by atoms with Gasteiger partial charge in [0.1, 0.15) is 0 Å². The van der Waals surface area contributed by atoms with Crippen molar-refractivity contribution in [2.24, 2.45) is 0 Å². The maximum atomic E-state index is 13.3. The summed E-state index contributed by atoms with van der Waals surface area (Å²) in [6, 6.07) is 17.4. The van der Waals surface area contributed by atoms with Crippen molar-refractivity contribution in [3.63, 3.8) is 0 Å². The van der Waals surface area contributed by atoms with Gasteiger partial charge >= 0.3 is 0 Å². The molecule has 0 fully saturated rings. The van der Waals surface area contributed by atoms with Crippen LogP contribution in [-0.4, -0.2) is 36.1 Å². The zero-order chi connectivity index (χ0) is 19.7. The molecule has 0 aromatic heterocycles. The third kappa shape index (κ3) is 3.88. The molecule has 1 aliphatic heterocycles. The van der Waals surface area contributed by atoms with Crippen molar-refractivity contribution < 1.29 is 14.7 Å². The van der Waals surface area contributed by atoms with Gasteiger partial charge in [0, 0.05) is 25.7 Å². The molecule has 0 saturated carbocycles. The molecule has 5 heteroatoms. The van der Waals surface area contributed by atoms with E-state index in [2.05, 4.69) is 5.32 Å². The lowest BCUT2D eigenvalue weighted by molar-refractivity contribution is -0.130. The van der Waals surface area contributed by atoms with E-state index >= 15 is 0 Å². The quantitative estimate of drug-likeness (QED) is 0.825. The Hall–Kier alpha value is -2.66. The molecule has 2 aromatic rings. The molecule has 5 nitrogen and oxygen atoms in total. The molecule has 0 aliphatic carbocycles. The molecule has 0 radical (unpaired) electrons. The van der Waals surface area contributed by atoms with Gasteiger partial charge in [0.2, 0.25) is 11.8 Å². The van der Waals surface area contributed by atoms with Crippen LogP contribution < -0.4 is 10.2 Å². The van der Waals surface area contributed by atoms with Crippen LogP contribution in [0.3, 0.4) is 0 Å². The van der Waals surface area contributed by atoms with Crippen molar-refractivity contribution in [1.82, 2.24) is 5.32 Å². The molecule has 142 valence electrons. The lowest BCUT2D eigenvalue weighted by Crippen LogP contribution is -2.46. The standard InChI is InChI=1S/C22H26N2O3/c1-21(2,27)15-23-19(25)14-22(13-16-9-5-4-6-10-16)17-11-7-8-12-18(17)24(3)20(22)26/h4-12,27H,13-15H2,1-3H3,(H,23,25)/t22-/m0/s1. The molecule has 1 atom stereocenters. The van der Waals surface area contributed by atoms with E-state index in [-0.39, 0.29) is 24.8 Å². The lowest BCUT2D eigenvalue weighted by Gasteiger charge is -2.29. The predicted molar refractivity (Wildman–Crippen MR) is 106 cm³/mol. The van der Waals surface area contributed by atoms with Crippen LogP contribution in [0.5, 0.6) is 0 Å². The number of carbonyl (C=O) groups is 2. The highest BCUT2D eigenvalue weighted by molar-refractivity contribution is 6.09. The first-order valence-corrected chi connectivity index (χ1v) is 9.14. The van der Waals surface area contributed by atoms with Gasteiger partial charge in [-0.05, 0) is 37.5 Å². The van der Waals surface area contributed by atoms with Gasteiger partial charge in [0.15, 0.2) is 0 Å². The molecule has 27 heavy (non-hydrogen) atoms. The molecule has 0 unspecified atom stereocenters. The highest BCUT2D eigenvalue weighted by Gasteiger charge is 2.50. The number of likely N-dealkylation sites (N-methyl/N-ethyl adjacent to an activating group) is 1. The topological polar surface area (TPSA) is 69.6 Å². The molecule has 2 aromatic carbocycles. The summed E-state index contributed by atoms with van der Waals surface area (Å²) in [6.45, 7) is 3.41. The largest absolute Gasteiger partial charge is 0.389 e. The fourth-order valence-electron chi connectivity index (χ4n) is 3.72. The Kier molecular flexibility index (Phi) is 5.07. The van der Waals surface area contributed by atoms with Gasteiger partial charge in [-0.3, -0.25) is 9.59 Å². The van der Waals surface area contributed by atoms with Crippen LogP contribution in [-0.2, 0) is 21.4 Å². The molecule has 2 N–H and O–H groups in total. The number of fused-ring (bicyclic) bond motifs is 1. The van der Waals surface area contributed by atoms with Crippen LogP contribution in [0.1, 0.15) is 31.4 Å². The summed E-state index contributed by atoms with van der Waals surface area (Å²) in [5.74, 6) is -0.322. The van der Waals surface area contributed by atoms with Crippen LogP contribution in [0.25, 0.3) is 0 Å². The van der Waals surface area contributed by atoms with Crippen molar-refractivity contribution in [1.29, 1.82) is 0 Å². The van der Waals surface area contributed by atoms with Crippen LogP contribution in [0.4, 0.5) is 5.69 Å². The average molecular weight is 366 g/mol. The average Bonchev–Trinajstić information content (AvgIpc) is 2.83. The van der Waals surface area contributed by atoms with Crippen LogP contribution in [0.2, 0.25) is 0 Å². The Balaban J connectivity index is 1.98. The SMILES string of the molecule is CN1C(=O)[C@](CC(=O)NCC(C)(C)O)(Cc2ccccc2)c2ccccc21. The first-order chi connectivity index (χ1) is 12.7. The van der Waals surface area contributed by atoms with Gasteiger partial charge in [-0.1, -0.05) is 48.5 Å². The number of para-hydroxylation sites is 1. The Morgan fingerprint density at radius 3 is 2.41 bits per heavy atom. The van der Waals surface area contributed by atoms with Crippen molar-refractivity contribution >= 4 is 17.5 Å². The number of carbonyl (C=O) groups excluding carboxylic acids is 2. The van der Waals surface area contributed by atoms with Crippen molar-refractivity contribution in [3.05, 3.63) is 65.7 Å². The first-order valence-electron chi connectivity index (χ1n) is 9.14. The minimum atomic E-state index is -1.00. The van der Waals surface area contributed by atoms with Crippen LogP contribution in [0, 0.1) is 0 Å². The minimum Gasteiger partial charge on any atom is -0.389 e. The third-order valence-corrected chi connectivity index (χ3v) is 5.02. The zero-order valence-electron chi connectivity index (χ0n) is 16.0. The maximum absolute atomic E-state index is 13.3. The molecular weight excluding hydrogens is 340 g/mol. The molecule has 1 heterocycles. The second-order valence-electron chi connectivity index (χ2n) is 7.89. The second-order valence-corrected chi connectivity index (χ2v) is 7.89. The maximum Gasteiger partial charge on any atom is 0.238 e. The predicted octanol–water partition coefficient (Wildman–Crippen LogP) is 2.42. The van der Waals surface area contributed by atoms with Crippen molar-refractivity contribution in [2.45, 2.75) is 37.7 Å². The first kappa shape index (κ1) is 19.1. The molecule has 0 saturated heterocycles. The highest BCUT2D eigenvalue weighted by atomic mass is 16.3. The number of amides is 2. The van der Waals surface area contributed by atoms with Gasteiger partial charge in [0.25, 0.3) is 0 Å². The molecule has 3 rings (SSSR count). The lowest BCUT2D eigenvalue weighted by atomic mass is 9.73. The minimum absolute atomic E-state index is 0.0398. The fraction of sp³-hybridized carbons (Fsp3) is 0.364. The number of rotatable bonds is 6. The molecule has 1 aliphatic rings. The number of nitrogens with zero attached hydrogens (tertiary/aromatic N) is 1. The monoisotopic (exact) mass is 366 g/mol. The van der Waals surface area contributed by atoms with E-state index < -0.39 is 11.0 Å². The summed E-state index contributed by atoms with van der Waals surface area (Å²) in [4.78, 5) is 27.7. The van der Waals surface area contributed by atoms with E-state index in [1.165, 1.54) is 0 Å². The molecule has 0 bridgehead atoms. The number of hydrogen-bond donors (Lipinski definition) is 2. The number of nitrogens with one attached hydrogen (secondary N) is 1. The second kappa shape index (κ2) is 7.16. The number of benzene rings is 2. The zero-order valence-corrected chi connectivity index (χ0v) is 16.0. The van der Waals surface area contributed by atoms with Gasteiger partial charge in [-0.25, -0.2) is 0 Å². The van der Waals surface area contributed by atoms with Gasteiger partial charge in [0.05, 0.1) is 11.0 Å². The summed E-state index contributed by atoms with van der Waals surface area (Å²) < 4.78 is 0. The summed E-state index contributed by atoms with van der Waals surface area (Å²) in [7, 11) is 1.75. The normalized spacial score (nSPS) is 19.1. The summed E-state index contributed by atoms with van der Waals surface area (Å²) in [6.07, 6.45) is 0.488. The highest BCUT2D eigenvalue weighted by Crippen LogP contribution is 2.45. The van der Waals surface area contributed by atoms with E-state index in [0.717, 1.165) is 16.8 Å². The molecule has 0 spiro atoms. The Labute approximate surface area is 160 Å². The summed E-state index contributed by atoms with van der Waals surface area (Å²) >= 11 is 0. The number of anilines is 1. The van der Waals surface area contributed by atoms with Crippen LogP contribution >= 0.6 is 0 Å². The fourth-order valence-corrected chi connectivity index (χ4v) is 3.72. The van der Waals surface area contributed by atoms with Crippen molar-refractivity contribution in [3.8, 4) is 0 Å².